The number of hydrogen-bond donors (Lipinski definition) is 2. The molecule has 1 amide bonds. The average Bonchev–Trinajstić information content (AvgIpc) is 2.47. The largest absolute Gasteiger partial charge is 0.457 e. The molecule has 1 heterocycles. The summed E-state index contributed by atoms with van der Waals surface area (Å²) in [4.78, 5) is 11.4. The maximum atomic E-state index is 11.4. The molecule has 0 aromatic heterocycles. The molecule has 0 fully saturated rings. The number of nitrogens with one attached hydrogen (secondary N) is 1. The number of aryl methyl sites for hydroxylation is 1. The molecular formula is C16H16N2O2. The van der Waals surface area contributed by atoms with Crippen molar-refractivity contribution in [1.82, 2.24) is 0 Å². The van der Waals surface area contributed by atoms with Gasteiger partial charge in [-0.3, -0.25) is 4.79 Å². The molecule has 0 unspecified atom stereocenters. The molecule has 1 aliphatic rings. The molecular weight excluding hydrogens is 252 g/mol. The minimum absolute atomic E-state index is 0.392. The van der Waals surface area contributed by atoms with E-state index < -0.39 is 5.91 Å². The number of ether oxygens (including phenoxy) is 1. The van der Waals surface area contributed by atoms with E-state index in [1.165, 1.54) is 5.56 Å². The third kappa shape index (κ3) is 2.45. The molecule has 0 radical (unpaired) electrons. The van der Waals surface area contributed by atoms with E-state index in [-0.39, 0.29) is 0 Å². The summed E-state index contributed by atoms with van der Waals surface area (Å²) in [6.07, 6.45) is 2.16. The topological polar surface area (TPSA) is 64.4 Å². The Balaban J connectivity index is 1.90. The van der Waals surface area contributed by atoms with Gasteiger partial charge in [0.2, 0.25) is 0 Å². The molecule has 0 saturated heterocycles. The molecule has 102 valence electrons. The molecule has 2 aromatic rings. The minimum Gasteiger partial charge on any atom is -0.457 e. The van der Waals surface area contributed by atoms with Crippen molar-refractivity contribution in [2.75, 3.05) is 11.9 Å². The second-order valence-electron chi connectivity index (χ2n) is 4.81. The highest BCUT2D eigenvalue weighted by Gasteiger charge is 2.12. The first-order valence-corrected chi connectivity index (χ1v) is 6.67. The van der Waals surface area contributed by atoms with Crippen molar-refractivity contribution in [3.05, 3.63) is 53.6 Å². The molecule has 4 heteroatoms. The van der Waals surface area contributed by atoms with E-state index >= 15 is 0 Å². The van der Waals surface area contributed by atoms with Crippen molar-refractivity contribution in [1.29, 1.82) is 0 Å². The molecule has 20 heavy (non-hydrogen) atoms. The van der Waals surface area contributed by atoms with Gasteiger partial charge in [0, 0.05) is 12.2 Å². The Hall–Kier alpha value is -2.49. The number of anilines is 1. The first-order chi connectivity index (χ1) is 9.74. The van der Waals surface area contributed by atoms with Crippen molar-refractivity contribution in [2.24, 2.45) is 5.73 Å². The molecule has 0 atom stereocenters. The molecule has 0 bridgehead atoms. The van der Waals surface area contributed by atoms with Gasteiger partial charge in [-0.2, -0.15) is 0 Å². The number of carbonyl (C=O) groups is 1. The van der Waals surface area contributed by atoms with Gasteiger partial charge < -0.3 is 15.8 Å². The summed E-state index contributed by atoms with van der Waals surface area (Å²) in [5.74, 6) is 0.727. The summed E-state index contributed by atoms with van der Waals surface area (Å²) in [6, 6.07) is 12.9. The van der Waals surface area contributed by atoms with Crippen molar-refractivity contribution < 1.29 is 9.53 Å². The van der Waals surface area contributed by atoms with Gasteiger partial charge in [-0.15, -0.1) is 0 Å². The fraction of sp³-hybridized carbons (Fsp3) is 0.188. The van der Waals surface area contributed by atoms with Gasteiger partial charge in [0.15, 0.2) is 0 Å². The summed E-state index contributed by atoms with van der Waals surface area (Å²) in [5, 5.41) is 3.35. The summed E-state index contributed by atoms with van der Waals surface area (Å²) >= 11 is 0. The zero-order valence-corrected chi connectivity index (χ0v) is 11.1. The Morgan fingerprint density at radius 2 is 2.05 bits per heavy atom. The minimum atomic E-state index is -0.486. The van der Waals surface area contributed by atoms with Crippen LogP contribution in [-0.4, -0.2) is 12.5 Å². The van der Waals surface area contributed by atoms with E-state index in [4.69, 9.17) is 10.5 Å². The first kappa shape index (κ1) is 12.5. The van der Waals surface area contributed by atoms with Crippen LogP contribution in [0.4, 0.5) is 5.69 Å². The first-order valence-electron chi connectivity index (χ1n) is 6.67. The highest BCUT2D eigenvalue weighted by Crippen LogP contribution is 2.30. The monoisotopic (exact) mass is 268 g/mol. The SMILES string of the molecule is NC(=O)c1ccccc1Oc1ccc2c(c1)CCCN2. The summed E-state index contributed by atoms with van der Waals surface area (Å²) < 4.78 is 5.81. The van der Waals surface area contributed by atoms with Crippen molar-refractivity contribution in [3.8, 4) is 11.5 Å². The van der Waals surface area contributed by atoms with Gasteiger partial charge in [0.05, 0.1) is 5.56 Å². The standard InChI is InChI=1S/C16H16N2O2/c17-16(19)13-5-1-2-6-15(13)20-12-7-8-14-11(10-12)4-3-9-18-14/h1-2,5-8,10,18H,3-4,9H2,(H2,17,19). The molecule has 3 N–H and O–H groups in total. The molecule has 4 nitrogen and oxygen atoms in total. The Kier molecular flexibility index (Phi) is 3.29. The van der Waals surface area contributed by atoms with E-state index in [0.29, 0.717) is 11.3 Å². The van der Waals surface area contributed by atoms with Crippen LogP contribution in [0.5, 0.6) is 11.5 Å². The van der Waals surface area contributed by atoms with Crippen LogP contribution in [0.25, 0.3) is 0 Å². The van der Waals surface area contributed by atoms with Crippen molar-refractivity contribution >= 4 is 11.6 Å². The van der Waals surface area contributed by atoms with Gasteiger partial charge >= 0.3 is 0 Å². The highest BCUT2D eigenvalue weighted by atomic mass is 16.5. The molecule has 0 aliphatic carbocycles. The van der Waals surface area contributed by atoms with Crippen LogP contribution in [0.3, 0.4) is 0 Å². The zero-order valence-electron chi connectivity index (χ0n) is 11.1. The molecule has 3 rings (SSSR count). The Morgan fingerprint density at radius 3 is 2.90 bits per heavy atom. The van der Waals surface area contributed by atoms with Gasteiger partial charge in [-0.1, -0.05) is 12.1 Å². The van der Waals surface area contributed by atoms with Crippen LogP contribution in [0.1, 0.15) is 22.3 Å². The van der Waals surface area contributed by atoms with Gasteiger partial charge in [0.1, 0.15) is 11.5 Å². The average molecular weight is 268 g/mol. The predicted octanol–water partition coefficient (Wildman–Crippen LogP) is 2.94. The lowest BCUT2D eigenvalue weighted by molar-refractivity contribution is 0.0998. The van der Waals surface area contributed by atoms with Crippen LogP contribution >= 0.6 is 0 Å². The lowest BCUT2D eigenvalue weighted by Crippen LogP contribution is -2.12. The van der Waals surface area contributed by atoms with Gasteiger partial charge in [-0.25, -0.2) is 0 Å². The molecule has 2 aromatic carbocycles. The van der Waals surface area contributed by atoms with Crippen molar-refractivity contribution in [2.45, 2.75) is 12.8 Å². The van der Waals surface area contributed by atoms with Crippen LogP contribution in [0, 0.1) is 0 Å². The van der Waals surface area contributed by atoms with E-state index in [2.05, 4.69) is 5.32 Å². The number of nitrogens with two attached hydrogens (primary N) is 1. The summed E-state index contributed by atoms with van der Waals surface area (Å²) in [6.45, 7) is 1.01. The third-order valence-electron chi connectivity index (χ3n) is 3.40. The number of para-hydroxylation sites is 1. The van der Waals surface area contributed by atoms with Crippen molar-refractivity contribution in [3.63, 3.8) is 0 Å². The smallest absolute Gasteiger partial charge is 0.252 e. The van der Waals surface area contributed by atoms with Crippen LogP contribution < -0.4 is 15.8 Å². The number of primary amides is 1. The van der Waals surface area contributed by atoms with E-state index in [0.717, 1.165) is 30.8 Å². The quantitative estimate of drug-likeness (QED) is 0.899. The number of fused-ring (bicyclic) bond motifs is 1. The van der Waals surface area contributed by atoms with Gasteiger partial charge in [0.25, 0.3) is 5.91 Å². The number of amides is 1. The fourth-order valence-corrected chi connectivity index (χ4v) is 2.40. The number of hydrogen-bond acceptors (Lipinski definition) is 3. The summed E-state index contributed by atoms with van der Waals surface area (Å²) in [7, 11) is 0. The van der Waals surface area contributed by atoms with Crippen LogP contribution in [0.2, 0.25) is 0 Å². The maximum absolute atomic E-state index is 11.4. The third-order valence-corrected chi connectivity index (χ3v) is 3.40. The molecule has 0 spiro atoms. The second-order valence-corrected chi connectivity index (χ2v) is 4.81. The fourth-order valence-electron chi connectivity index (χ4n) is 2.40. The van der Waals surface area contributed by atoms with Crippen LogP contribution in [0.15, 0.2) is 42.5 Å². The van der Waals surface area contributed by atoms with E-state index in [1.807, 2.05) is 24.3 Å². The van der Waals surface area contributed by atoms with E-state index in [9.17, 15) is 4.79 Å². The normalized spacial score (nSPS) is 13.2. The molecule has 0 saturated carbocycles. The lowest BCUT2D eigenvalue weighted by atomic mass is 10.0. The maximum Gasteiger partial charge on any atom is 0.252 e. The Labute approximate surface area is 117 Å². The lowest BCUT2D eigenvalue weighted by Gasteiger charge is -2.19. The summed E-state index contributed by atoms with van der Waals surface area (Å²) in [5.41, 5.74) is 8.14. The second kappa shape index (κ2) is 5.25. The van der Waals surface area contributed by atoms with Crippen LogP contribution in [-0.2, 0) is 6.42 Å². The molecule has 1 aliphatic heterocycles. The zero-order chi connectivity index (χ0) is 13.9. The number of carbonyl (C=O) groups excluding carboxylic acids is 1. The van der Waals surface area contributed by atoms with Gasteiger partial charge in [-0.05, 0) is 48.7 Å². The Morgan fingerprint density at radius 1 is 1.20 bits per heavy atom. The van der Waals surface area contributed by atoms with E-state index in [1.54, 1.807) is 18.2 Å². The highest BCUT2D eigenvalue weighted by molar-refractivity contribution is 5.95. The number of benzene rings is 2. The number of rotatable bonds is 3. The Bertz CT molecular complexity index is 653. The predicted molar refractivity (Wildman–Crippen MR) is 78.3 cm³/mol.